The number of nitrogens with one attached hydrogen (secondary N) is 1. The summed E-state index contributed by atoms with van der Waals surface area (Å²) >= 11 is 0. The number of aromatic nitrogens is 1. The van der Waals surface area contributed by atoms with E-state index >= 15 is 0 Å². The van der Waals surface area contributed by atoms with Crippen molar-refractivity contribution in [2.75, 3.05) is 17.7 Å². The summed E-state index contributed by atoms with van der Waals surface area (Å²) in [6.07, 6.45) is 3.93. The van der Waals surface area contributed by atoms with E-state index in [9.17, 15) is 0 Å². The molecule has 2 rings (SSSR count). The molecule has 1 heterocycles. The molecule has 0 atom stereocenters. The fourth-order valence-corrected chi connectivity index (χ4v) is 1.84. The van der Waals surface area contributed by atoms with Crippen molar-refractivity contribution in [3.63, 3.8) is 0 Å². The normalized spacial score (nSPS) is 10.4. The van der Waals surface area contributed by atoms with Crippen LogP contribution in [-0.4, -0.2) is 12.0 Å². The van der Waals surface area contributed by atoms with E-state index < -0.39 is 0 Å². The Morgan fingerprint density at radius 1 is 1.31 bits per heavy atom. The number of anilines is 2. The second kappa shape index (κ2) is 4.31. The Morgan fingerprint density at radius 3 is 2.75 bits per heavy atom. The van der Waals surface area contributed by atoms with Gasteiger partial charge in [-0.15, -0.1) is 0 Å². The summed E-state index contributed by atoms with van der Waals surface area (Å²) in [5.41, 5.74) is 10.4. The molecule has 0 amide bonds. The van der Waals surface area contributed by atoms with Gasteiger partial charge in [0.25, 0.3) is 0 Å². The molecule has 0 aliphatic carbocycles. The number of nitrogens with zero attached hydrogens (tertiary/aromatic N) is 1. The van der Waals surface area contributed by atoms with E-state index in [0.29, 0.717) is 0 Å². The molecule has 0 saturated heterocycles. The van der Waals surface area contributed by atoms with Crippen LogP contribution in [0.15, 0.2) is 36.7 Å². The van der Waals surface area contributed by atoms with Crippen LogP contribution in [0, 0.1) is 6.92 Å². The van der Waals surface area contributed by atoms with Crippen molar-refractivity contribution in [3.8, 4) is 0 Å². The van der Waals surface area contributed by atoms with Crippen molar-refractivity contribution in [2.24, 2.45) is 0 Å². The maximum absolute atomic E-state index is 6.00. The second-order valence-corrected chi connectivity index (χ2v) is 4.14. The number of H-pyrrole nitrogens is 1. The molecule has 1 aromatic heterocycles. The zero-order valence-corrected chi connectivity index (χ0v) is 9.70. The average molecular weight is 215 g/mol. The molecule has 0 bridgehead atoms. The molecule has 84 valence electrons. The molecule has 1 aromatic carbocycles. The maximum Gasteiger partial charge on any atom is 0.0600 e. The lowest BCUT2D eigenvalue weighted by Gasteiger charge is -2.20. The van der Waals surface area contributed by atoms with Crippen LogP contribution in [0.1, 0.15) is 11.1 Å². The molecule has 0 unspecified atom stereocenters. The van der Waals surface area contributed by atoms with Crippen LogP contribution >= 0.6 is 0 Å². The number of nitrogens with two attached hydrogens (primary N) is 1. The monoisotopic (exact) mass is 215 g/mol. The van der Waals surface area contributed by atoms with Crippen molar-refractivity contribution in [1.82, 2.24) is 4.98 Å². The Balaban J connectivity index is 2.17. The summed E-state index contributed by atoms with van der Waals surface area (Å²) in [6.45, 7) is 2.91. The van der Waals surface area contributed by atoms with Gasteiger partial charge in [0, 0.05) is 26.0 Å². The topological polar surface area (TPSA) is 45.0 Å². The van der Waals surface area contributed by atoms with Gasteiger partial charge in [0.1, 0.15) is 0 Å². The van der Waals surface area contributed by atoms with Gasteiger partial charge in [-0.25, -0.2) is 0 Å². The van der Waals surface area contributed by atoms with E-state index in [0.717, 1.165) is 17.9 Å². The smallest absolute Gasteiger partial charge is 0.0600 e. The molecule has 0 spiro atoms. The predicted octanol–water partition coefficient (Wildman–Crippen LogP) is 2.54. The molecule has 2 aromatic rings. The van der Waals surface area contributed by atoms with Crippen LogP contribution in [0.2, 0.25) is 0 Å². The Labute approximate surface area is 95.9 Å². The largest absolute Gasteiger partial charge is 0.397 e. The summed E-state index contributed by atoms with van der Waals surface area (Å²) in [5.74, 6) is 0. The van der Waals surface area contributed by atoms with Gasteiger partial charge in [-0.05, 0) is 36.2 Å². The summed E-state index contributed by atoms with van der Waals surface area (Å²) in [6, 6.07) is 8.22. The number of benzene rings is 1. The number of nitrogen functional groups attached to an aromatic ring is 1. The summed E-state index contributed by atoms with van der Waals surface area (Å²) in [5, 5.41) is 0. The highest BCUT2D eigenvalue weighted by Gasteiger charge is 2.06. The third-order valence-electron chi connectivity index (χ3n) is 2.68. The van der Waals surface area contributed by atoms with Gasteiger partial charge in [-0.3, -0.25) is 0 Å². The maximum atomic E-state index is 6.00. The molecule has 16 heavy (non-hydrogen) atoms. The quantitative estimate of drug-likeness (QED) is 0.773. The predicted molar refractivity (Wildman–Crippen MR) is 68.5 cm³/mol. The minimum atomic E-state index is 0.832. The summed E-state index contributed by atoms with van der Waals surface area (Å²) < 4.78 is 0. The number of hydrogen-bond donors (Lipinski definition) is 2. The highest BCUT2D eigenvalue weighted by Crippen LogP contribution is 2.24. The van der Waals surface area contributed by atoms with Gasteiger partial charge in [0.2, 0.25) is 0 Å². The lowest BCUT2D eigenvalue weighted by atomic mass is 10.1. The van der Waals surface area contributed by atoms with Gasteiger partial charge >= 0.3 is 0 Å². The van der Waals surface area contributed by atoms with Crippen LogP contribution in [0.3, 0.4) is 0 Å². The molecule has 3 N–H and O–H groups in total. The number of hydrogen-bond acceptors (Lipinski definition) is 2. The van der Waals surface area contributed by atoms with Gasteiger partial charge in [0.05, 0.1) is 11.4 Å². The van der Waals surface area contributed by atoms with Crippen molar-refractivity contribution in [1.29, 1.82) is 0 Å². The van der Waals surface area contributed by atoms with E-state index in [2.05, 4.69) is 28.1 Å². The highest BCUT2D eigenvalue weighted by atomic mass is 15.1. The van der Waals surface area contributed by atoms with Crippen LogP contribution in [-0.2, 0) is 6.54 Å². The highest BCUT2D eigenvalue weighted by molar-refractivity contribution is 5.68. The van der Waals surface area contributed by atoms with Crippen molar-refractivity contribution >= 4 is 11.4 Å². The first-order valence-electron chi connectivity index (χ1n) is 5.36. The number of aromatic amines is 1. The van der Waals surface area contributed by atoms with Gasteiger partial charge in [-0.1, -0.05) is 6.07 Å². The Hall–Kier alpha value is -1.90. The first kappa shape index (κ1) is 10.6. The minimum Gasteiger partial charge on any atom is -0.397 e. The molecule has 3 nitrogen and oxygen atoms in total. The second-order valence-electron chi connectivity index (χ2n) is 4.14. The van der Waals surface area contributed by atoms with Crippen LogP contribution in [0.25, 0.3) is 0 Å². The Morgan fingerprint density at radius 2 is 2.12 bits per heavy atom. The summed E-state index contributed by atoms with van der Waals surface area (Å²) in [4.78, 5) is 5.20. The molecule has 0 aliphatic rings. The van der Waals surface area contributed by atoms with E-state index in [4.69, 9.17) is 5.73 Å². The van der Waals surface area contributed by atoms with E-state index in [1.807, 2.05) is 32.4 Å². The molecular formula is C13H17N3. The van der Waals surface area contributed by atoms with Crippen LogP contribution in [0.4, 0.5) is 11.4 Å². The van der Waals surface area contributed by atoms with Gasteiger partial charge in [0.15, 0.2) is 0 Å². The molecule has 0 fully saturated rings. The molecular weight excluding hydrogens is 198 g/mol. The first-order valence-corrected chi connectivity index (χ1v) is 5.36. The fraction of sp³-hybridized carbons (Fsp3) is 0.231. The SMILES string of the molecule is Cc1ccc(N(C)Cc2cc[nH]c2)c(N)c1. The Bertz CT molecular complexity index is 460. The lowest BCUT2D eigenvalue weighted by molar-refractivity contribution is 0.926. The van der Waals surface area contributed by atoms with Crippen LogP contribution < -0.4 is 10.6 Å². The van der Waals surface area contributed by atoms with E-state index in [1.165, 1.54) is 11.1 Å². The number of rotatable bonds is 3. The zero-order chi connectivity index (χ0) is 11.5. The molecule has 3 heteroatoms. The third-order valence-corrected chi connectivity index (χ3v) is 2.68. The van der Waals surface area contributed by atoms with E-state index in [-0.39, 0.29) is 0 Å². The lowest BCUT2D eigenvalue weighted by Crippen LogP contribution is -2.17. The van der Waals surface area contributed by atoms with Crippen LogP contribution in [0.5, 0.6) is 0 Å². The van der Waals surface area contributed by atoms with E-state index in [1.54, 1.807) is 0 Å². The Kier molecular flexibility index (Phi) is 2.86. The number of aryl methyl sites for hydroxylation is 1. The van der Waals surface area contributed by atoms with Crippen molar-refractivity contribution in [3.05, 3.63) is 47.8 Å². The summed E-state index contributed by atoms with van der Waals surface area (Å²) in [7, 11) is 2.05. The molecule has 0 saturated carbocycles. The molecule has 0 aliphatic heterocycles. The average Bonchev–Trinajstić information content (AvgIpc) is 2.70. The fourth-order valence-electron chi connectivity index (χ4n) is 1.84. The van der Waals surface area contributed by atoms with Crippen molar-refractivity contribution < 1.29 is 0 Å². The van der Waals surface area contributed by atoms with Crippen molar-refractivity contribution in [2.45, 2.75) is 13.5 Å². The minimum absolute atomic E-state index is 0.832. The standard InChI is InChI=1S/C13H17N3/c1-10-3-4-13(12(14)7-10)16(2)9-11-5-6-15-8-11/h3-8,15H,9,14H2,1-2H3. The molecule has 0 radical (unpaired) electrons. The van der Waals surface area contributed by atoms with Gasteiger partial charge in [-0.2, -0.15) is 0 Å². The van der Waals surface area contributed by atoms with Gasteiger partial charge < -0.3 is 15.6 Å². The zero-order valence-electron chi connectivity index (χ0n) is 9.70. The first-order chi connectivity index (χ1) is 7.66. The third kappa shape index (κ3) is 2.19.